The highest BCUT2D eigenvalue weighted by molar-refractivity contribution is 5.20. The maximum atomic E-state index is 5.48. The van der Waals surface area contributed by atoms with Gasteiger partial charge in [-0.1, -0.05) is 0 Å². The monoisotopic (exact) mass is 152 g/mol. The van der Waals surface area contributed by atoms with Gasteiger partial charge in [0.05, 0.1) is 11.4 Å². The summed E-state index contributed by atoms with van der Waals surface area (Å²) in [4.78, 5) is 0. The first-order valence-electron chi connectivity index (χ1n) is 4.01. The first-order valence-corrected chi connectivity index (χ1v) is 4.01. The van der Waals surface area contributed by atoms with Crippen LogP contribution in [0.5, 0.6) is 0 Å². The molecule has 0 saturated heterocycles. The largest absolute Gasteiger partial charge is 0.330 e. The average Bonchev–Trinajstić information content (AvgIpc) is 2.53. The number of aromatic nitrogens is 3. The van der Waals surface area contributed by atoms with Crippen LogP contribution in [0, 0.1) is 0 Å². The summed E-state index contributed by atoms with van der Waals surface area (Å²) >= 11 is 0. The minimum absolute atomic E-state index is 0.564. The smallest absolute Gasteiger partial charge is 0.0888 e. The third kappa shape index (κ3) is 1.03. The predicted octanol–water partition coefficient (Wildman–Crippen LogP) is 0.183. The van der Waals surface area contributed by atoms with E-state index in [4.69, 9.17) is 5.73 Å². The lowest BCUT2D eigenvalue weighted by Gasteiger charge is -2.04. The van der Waals surface area contributed by atoms with Crippen LogP contribution in [0.25, 0.3) is 0 Å². The topological polar surface area (TPSA) is 67.6 Å². The molecule has 0 bridgehead atoms. The van der Waals surface area contributed by atoms with Gasteiger partial charge in [0.1, 0.15) is 0 Å². The highest BCUT2D eigenvalue weighted by Crippen LogP contribution is 2.31. The van der Waals surface area contributed by atoms with Crippen LogP contribution < -0.4 is 5.73 Å². The minimum Gasteiger partial charge on any atom is -0.330 e. The molecule has 0 saturated carbocycles. The number of nitrogens with one attached hydrogen (secondary N) is 1. The molecule has 4 nitrogen and oxygen atoms in total. The van der Waals surface area contributed by atoms with E-state index >= 15 is 0 Å². The van der Waals surface area contributed by atoms with Gasteiger partial charge in [0, 0.05) is 5.92 Å². The summed E-state index contributed by atoms with van der Waals surface area (Å²) in [5, 5.41) is 10.8. The Morgan fingerprint density at radius 1 is 1.55 bits per heavy atom. The standard InChI is InChI=1S/C7H12N4/c8-4-3-5-1-2-6-7(5)10-11-9-6/h5H,1-4,8H2,(H,9,10,11). The van der Waals surface area contributed by atoms with E-state index in [1.54, 1.807) is 0 Å². The fourth-order valence-electron chi connectivity index (χ4n) is 1.70. The van der Waals surface area contributed by atoms with Crippen LogP contribution in [-0.4, -0.2) is 22.0 Å². The zero-order valence-corrected chi connectivity index (χ0v) is 6.38. The lowest BCUT2D eigenvalue weighted by molar-refractivity contribution is 0.603. The van der Waals surface area contributed by atoms with Crippen LogP contribution in [0.15, 0.2) is 0 Å². The summed E-state index contributed by atoms with van der Waals surface area (Å²) < 4.78 is 0. The Hall–Kier alpha value is -0.900. The van der Waals surface area contributed by atoms with Gasteiger partial charge >= 0.3 is 0 Å². The van der Waals surface area contributed by atoms with Gasteiger partial charge in [-0.3, -0.25) is 0 Å². The molecule has 1 aromatic heterocycles. The number of nitrogens with zero attached hydrogens (tertiary/aromatic N) is 2. The second-order valence-corrected chi connectivity index (χ2v) is 2.97. The minimum atomic E-state index is 0.564. The van der Waals surface area contributed by atoms with Crippen LogP contribution in [0.3, 0.4) is 0 Å². The molecule has 1 heterocycles. The van der Waals surface area contributed by atoms with Crippen molar-refractivity contribution in [1.29, 1.82) is 0 Å². The summed E-state index contributed by atoms with van der Waals surface area (Å²) in [7, 11) is 0. The normalized spacial score (nSPS) is 22.1. The zero-order valence-electron chi connectivity index (χ0n) is 6.38. The molecule has 1 aliphatic carbocycles. The Labute approximate surface area is 65.2 Å². The summed E-state index contributed by atoms with van der Waals surface area (Å²) in [5.41, 5.74) is 7.77. The quantitative estimate of drug-likeness (QED) is 0.635. The van der Waals surface area contributed by atoms with E-state index in [2.05, 4.69) is 15.4 Å². The second-order valence-electron chi connectivity index (χ2n) is 2.97. The maximum absolute atomic E-state index is 5.48. The molecule has 11 heavy (non-hydrogen) atoms. The Morgan fingerprint density at radius 2 is 2.45 bits per heavy atom. The zero-order chi connectivity index (χ0) is 7.68. The Bertz CT molecular complexity index is 242. The van der Waals surface area contributed by atoms with E-state index < -0.39 is 0 Å². The van der Waals surface area contributed by atoms with Gasteiger partial charge in [0.25, 0.3) is 0 Å². The molecule has 1 aromatic rings. The highest BCUT2D eigenvalue weighted by atomic mass is 15.3. The second kappa shape index (κ2) is 2.62. The molecule has 0 spiro atoms. The van der Waals surface area contributed by atoms with Crippen LogP contribution in [-0.2, 0) is 6.42 Å². The first-order chi connectivity index (χ1) is 5.42. The number of fused-ring (bicyclic) bond motifs is 1. The van der Waals surface area contributed by atoms with Crippen LogP contribution >= 0.6 is 0 Å². The molecule has 0 radical (unpaired) electrons. The van der Waals surface area contributed by atoms with Gasteiger partial charge in [-0.25, -0.2) is 0 Å². The molecular weight excluding hydrogens is 140 g/mol. The van der Waals surface area contributed by atoms with Crippen molar-refractivity contribution in [3.63, 3.8) is 0 Å². The molecule has 0 aromatic carbocycles. The van der Waals surface area contributed by atoms with E-state index in [9.17, 15) is 0 Å². The number of hydrogen-bond donors (Lipinski definition) is 2. The Kier molecular flexibility index (Phi) is 1.62. The number of H-pyrrole nitrogens is 1. The van der Waals surface area contributed by atoms with Crippen molar-refractivity contribution in [2.24, 2.45) is 5.73 Å². The maximum Gasteiger partial charge on any atom is 0.0888 e. The number of aryl methyl sites for hydroxylation is 1. The molecule has 0 amide bonds. The van der Waals surface area contributed by atoms with Gasteiger partial charge in [0.15, 0.2) is 0 Å². The van der Waals surface area contributed by atoms with Crippen molar-refractivity contribution in [2.75, 3.05) is 6.54 Å². The fraction of sp³-hybridized carbons (Fsp3) is 0.714. The molecule has 1 aliphatic rings. The van der Waals surface area contributed by atoms with Crippen LogP contribution in [0.1, 0.15) is 30.1 Å². The van der Waals surface area contributed by atoms with Crippen LogP contribution in [0.4, 0.5) is 0 Å². The summed E-state index contributed by atoms with van der Waals surface area (Å²) in [6.45, 7) is 0.747. The summed E-state index contributed by atoms with van der Waals surface area (Å²) in [6.07, 6.45) is 3.28. The van der Waals surface area contributed by atoms with Gasteiger partial charge < -0.3 is 5.73 Å². The first kappa shape index (κ1) is 6.79. The number of aromatic amines is 1. The molecule has 0 fully saturated rings. The van der Waals surface area contributed by atoms with Crippen molar-refractivity contribution >= 4 is 0 Å². The van der Waals surface area contributed by atoms with Crippen molar-refractivity contribution in [2.45, 2.75) is 25.2 Å². The molecule has 4 heteroatoms. The molecule has 0 aliphatic heterocycles. The third-order valence-corrected chi connectivity index (χ3v) is 2.28. The molecule has 60 valence electrons. The average molecular weight is 152 g/mol. The fourth-order valence-corrected chi connectivity index (χ4v) is 1.70. The molecule has 3 N–H and O–H groups in total. The Morgan fingerprint density at radius 3 is 3.27 bits per heavy atom. The van der Waals surface area contributed by atoms with E-state index in [1.807, 2.05) is 0 Å². The van der Waals surface area contributed by atoms with Crippen LogP contribution in [0.2, 0.25) is 0 Å². The van der Waals surface area contributed by atoms with Crippen molar-refractivity contribution in [1.82, 2.24) is 15.4 Å². The van der Waals surface area contributed by atoms with Crippen molar-refractivity contribution < 1.29 is 0 Å². The van der Waals surface area contributed by atoms with E-state index in [0.717, 1.165) is 30.8 Å². The van der Waals surface area contributed by atoms with Crippen molar-refractivity contribution in [3.05, 3.63) is 11.4 Å². The van der Waals surface area contributed by atoms with Crippen molar-refractivity contribution in [3.8, 4) is 0 Å². The van der Waals surface area contributed by atoms with E-state index in [0.29, 0.717) is 5.92 Å². The number of nitrogens with two attached hydrogens (primary N) is 1. The molecular formula is C7H12N4. The molecule has 2 rings (SSSR count). The lowest BCUT2D eigenvalue weighted by Crippen LogP contribution is -2.05. The van der Waals surface area contributed by atoms with Gasteiger partial charge in [0.2, 0.25) is 0 Å². The van der Waals surface area contributed by atoms with E-state index in [-0.39, 0.29) is 0 Å². The van der Waals surface area contributed by atoms with E-state index in [1.165, 1.54) is 6.42 Å². The van der Waals surface area contributed by atoms with Gasteiger partial charge in [-0.15, -0.1) is 0 Å². The molecule has 1 unspecified atom stereocenters. The number of rotatable bonds is 2. The number of hydrogen-bond acceptors (Lipinski definition) is 3. The highest BCUT2D eigenvalue weighted by Gasteiger charge is 2.25. The third-order valence-electron chi connectivity index (χ3n) is 2.28. The Balaban J connectivity index is 2.18. The summed E-state index contributed by atoms with van der Waals surface area (Å²) in [6, 6.07) is 0. The molecule has 1 atom stereocenters. The summed E-state index contributed by atoms with van der Waals surface area (Å²) in [5.74, 6) is 0.564. The van der Waals surface area contributed by atoms with Gasteiger partial charge in [-0.2, -0.15) is 15.4 Å². The van der Waals surface area contributed by atoms with Gasteiger partial charge in [-0.05, 0) is 25.8 Å². The predicted molar refractivity (Wildman–Crippen MR) is 41.1 cm³/mol. The SMILES string of the molecule is NCCC1CCc2n[nH]nc21. The lowest BCUT2D eigenvalue weighted by atomic mass is 10.0.